The molecule has 1 aliphatic rings. The molecule has 0 aromatic rings. The number of unbranched alkanes of at least 4 members (excludes halogenated alkanes) is 51. The fourth-order valence-corrected chi connectivity index (χ4v) is 10.9. The average molecular weight is 1020 g/mol. The third-order valence-corrected chi connectivity index (χ3v) is 16.3. The van der Waals surface area contributed by atoms with Crippen molar-refractivity contribution in [2.24, 2.45) is 11.3 Å². The first-order chi connectivity index (χ1) is 35.6. The summed E-state index contributed by atoms with van der Waals surface area (Å²) >= 11 is 0. The molecule has 1 atom stereocenters. The van der Waals surface area contributed by atoms with Gasteiger partial charge >= 0.3 is 11.9 Å². The fourth-order valence-electron chi connectivity index (χ4n) is 10.9. The summed E-state index contributed by atoms with van der Waals surface area (Å²) in [7, 11) is 0. The molecule has 0 spiro atoms. The lowest BCUT2D eigenvalue weighted by atomic mass is 9.92. The molecule has 0 bridgehead atoms. The van der Waals surface area contributed by atoms with Gasteiger partial charge in [-0.25, -0.2) is 0 Å². The smallest absolute Gasteiger partial charge is 0.309 e. The van der Waals surface area contributed by atoms with Gasteiger partial charge in [-0.2, -0.15) is 0 Å². The van der Waals surface area contributed by atoms with Gasteiger partial charge in [-0.05, 0) is 32.1 Å². The number of aliphatic hydroxyl groups excluding tert-OH is 2. The number of allylic oxidation sites excluding steroid dienone is 2. The molecule has 1 heterocycles. The van der Waals surface area contributed by atoms with Crippen LogP contribution in [0.1, 0.15) is 360 Å². The quantitative estimate of drug-likeness (QED) is 0.0358. The van der Waals surface area contributed by atoms with E-state index in [1.165, 1.54) is 321 Å². The van der Waals surface area contributed by atoms with Crippen molar-refractivity contribution in [3.8, 4) is 0 Å². The Balaban J connectivity index is 1.68. The monoisotopic (exact) mass is 1010 g/mol. The van der Waals surface area contributed by atoms with Crippen LogP contribution in [0.3, 0.4) is 0 Å². The third-order valence-electron chi connectivity index (χ3n) is 16.3. The van der Waals surface area contributed by atoms with Crippen molar-refractivity contribution >= 4 is 11.9 Å². The Bertz CT molecular complexity index is 1130. The normalized spacial score (nSPS) is 15.2. The van der Waals surface area contributed by atoms with Gasteiger partial charge in [0.05, 0.1) is 31.0 Å². The van der Waals surface area contributed by atoms with Gasteiger partial charge in [0.1, 0.15) is 13.2 Å². The molecule has 426 valence electrons. The molecule has 6 nitrogen and oxygen atoms in total. The lowest BCUT2D eigenvalue weighted by molar-refractivity contribution is -0.155. The lowest BCUT2D eigenvalue weighted by Crippen LogP contribution is -2.40. The maximum atomic E-state index is 12.5. The molecule has 0 aliphatic carbocycles. The Morgan fingerprint density at radius 3 is 0.861 bits per heavy atom. The minimum Gasteiger partial charge on any atom is -0.465 e. The number of esters is 2. The van der Waals surface area contributed by atoms with E-state index in [2.05, 4.69) is 19.1 Å². The Morgan fingerprint density at radius 2 is 0.597 bits per heavy atom. The zero-order valence-corrected chi connectivity index (χ0v) is 48.5. The summed E-state index contributed by atoms with van der Waals surface area (Å²) in [6, 6.07) is 0. The molecule has 0 saturated carbocycles. The molecule has 72 heavy (non-hydrogen) atoms. The van der Waals surface area contributed by atoms with E-state index < -0.39 is 36.5 Å². The van der Waals surface area contributed by atoms with Crippen LogP contribution >= 0.6 is 0 Å². The summed E-state index contributed by atoms with van der Waals surface area (Å²) in [6.45, 7) is 1.21. The van der Waals surface area contributed by atoms with E-state index in [1.807, 2.05) is 0 Å². The molecular formula is C66H126O6. The van der Waals surface area contributed by atoms with Crippen LogP contribution in [0.4, 0.5) is 0 Å². The van der Waals surface area contributed by atoms with E-state index in [1.54, 1.807) is 0 Å². The number of cyclic esters (lactones) is 2. The van der Waals surface area contributed by atoms with E-state index in [4.69, 9.17) is 9.47 Å². The second-order valence-corrected chi connectivity index (χ2v) is 23.5. The van der Waals surface area contributed by atoms with Crippen LogP contribution in [0, 0.1) is 11.3 Å². The van der Waals surface area contributed by atoms with E-state index in [-0.39, 0.29) is 19.6 Å². The van der Waals surface area contributed by atoms with Crippen LogP contribution in [-0.4, -0.2) is 48.6 Å². The molecule has 1 saturated heterocycles. The zero-order valence-electron chi connectivity index (χ0n) is 48.5. The van der Waals surface area contributed by atoms with Gasteiger partial charge in [0.2, 0.25) is 0 Å². The highest BCUT2D eigenvalue weighted by atomic mass is 16.6. The Labute approximate surface area is 449 Å². The molecule has 1 aliphatic heterocycles. The fraction of sp³-hybridized carbons (Fsp3) is 0.939. The molecule has 2 N–H and O–H groups in total. The van der Waals surface area contributed by atoms with E-state index in [0.29, 0.717) is 6.42 Å². The first kappa shape index (κ1) is 68.6. The van der Waals surface area contributed by atoms with Crippen LogP contribution in [0.5, 0.6) is 0 Å². The number of ether oxygens (including phenoxy) is 2. The standard InChI is InChI=1S/C66H126O6/c1-2-3-4-5-6-7-8-9-10-11-12-13-14-15-16-17-18-19-20-21-22-23-24-25-26-27-28-29-30-31-32-33-34-35-36-37-38-39-40-41-42-43-44-45-46-47-48-49-50-51-52-53-54-55-56-57-63-58-64(69)71-61-66(59-67,60-68)62-72-65(63)70/h26-27,63,67-68H,2-25,28-62H2,1H3/b27-26+. The predicted molar refractivity (Wildman–Crippen MR) is 311 cm³/mol. The molecule has 0 aromatic heterocycles. The van der Waals surface area contributed by atoms with Crippen molar-refractivity contribution in [1.29, 1.82) is 0 Å². The van der Waals surface area contributed by atoms with E-state index >= 15 is 0 Å². The summed E-state index contributed by atoms with van der Waals surface area (Å²) in [6.07, 6.45) is 80.1. The van der Waals surface area contributed by atoms with Crippen LogP contribution < -0.4 is 0 Å². The average Bonchev–Trinajstić information content (AvgIpc) is 3.45. The van der Waals surface area contributed by atoms with Crippen molar-refractivity contribution in [1.82, 2.24) is 0 Å². The van der Waals surface area contributed by atoms with Crippen LogP contribution in [-0.2, 0) is 19.1 Å². The van der Waals surface area contributed by atoms with Gasteiger partial charge in [0.25, 0.3) is 0 Å². The molecule has 1 fully saturated rings. The SMILES string of the molecule is CCCCCCCCCCCCCCCCCCCCCCCCC/C=C/CCCCCCCCCCCCCCCCCCCCCCCCCCCCCCC1CC(=O)OCC(CO)(CO)COC1=O. The number of hydrogen-bond acceptors (Lipinski definition) is 6. The van der Waals surface area contributed by atoms with E-state index in [0.717, 1.165) is 19.3 Å². The number of aliphatic hydroxyl groups is 2. The molecule has 0 amide bonds. The van der Waals surface area contributed by atoms with Crippen LogP contribution in [0.15, 0.2) is 12.2 Å². The topological polar surface area (TPSA) is 93.1 Å². The molecule has 6 heteroatoms. The zero-order chi connectivity index (χ0) is 51.8. The van der Waals surface area contributed by atoms with Gasteiger partial charge in [0, 0.05) is 0 Å². The van der Waals surface area contributed by atoms with E-state index in [9.17, 15) is 19.8 Å². The van der Waals surface area contributed by atoms with Crippen molar-refractivity contribution in [3.63, 3.8) is 0 Å². The summed E-state index contributed by atoms with van der Waals surface area (Å²) in [4.78, 5) is 24.7. The molecule has 0 aromatic carbocycles. The highest BCUT2D eigenvalue weighted by Gasteiger charge is 2.36. The second-order valence-electron chi connectivity index (χ2n) is 23.5. The highest BCUT2D eigenvalue weighted by Crippen LogP contribution is 2.25. The summed E-state index contributed by atoms with van der Waals surface area (Å²) in [5.41, 5.74) is -1.12. The summed E-state index contributed by atoms with van der Waals surface area (Å²) in [5.74, 6) is -1.40. The Hall–Kier alpha value is -1.40. The number of carbonyl (C=O) groups is 2. The van der Waals surface area contributed by atoms with Crippen LogP contribution in [0.25, 0.3) is 0 Å². The third kappa shape index (κ3) is 47.1. The molecule has 1 rings (SSSR count). The van der Waals surface area contributed by atoms with Crippen molar-refractivity contribution in [2.45, 2.75) is 360 Å². The number of carbonyl (C=O) groups excluding carboxylic acids is 2. The maximum Gasteiger partial charge on any atom is 0.309 e. The summed E-state index contributed by atoms with van der Waals surface area (Å²) in [5, 5.41) is 19.2. The van der Waals surface area contributed by atoms with Gasteiger partial charge in [0.15, 0.2) is 0 Å². The van der Waals surface area contributed by atoms with Crippen molar-refractivity contribution in [2.75, 3.05) is 26.4 Å². The first-order valence-electron chi connectivity index (χ1n) is 32.8. The van der Waals surface area contributed by atoms with Gasteiger partial charge in [-0.1, -0.05) is 334 Å². The lowest BCUT2D eigenvalue weighted by Gasteiger charge is -2.27. The van der Waals surface area contributed by atoms with Crippen molar-refractivity contribution in [3.05, 3.63) is 12.2 Å². The van der Waals surface area contributed by atoms with Crippen LogP contribution in [0.2, 0.25) is 0 Å². The predicted octanol–water partition coefficient (Wildman–Crippen LogP) is 20.7. The van der Waals surface area contributed by atoms with Gasteiger partial charge in [-0.15, -0.1) is 0 Å². The summed E-state index contributed by atoms with van der Waals surface area (Å²) < 4.78 is 10.6. The molecule has 0 radical (unpaired) electrons. The largest absolute Gasteiger partial charge is 0.465 e. The number of hydrogen-bond donors (Lipinski definition) is 2. The second kappa shape index (κ2) is 55.8. The Kier molecular flexibility index (Phi) is 53.2. The van der Waals surface area contributed by atoms with Crippen molar-refractivity contribution < 1.29 is 29.3 Å². The van der Waals surface area contributed by atoms with Gasteiger partial charge < -0.3 is 19.7 Å². The first-order valence-corrected chi connectivity index (χ1v) is 32.8. The minimum absolute atomic E-state index is 0.00469. The molecule has 1 unspecified atom stereocenters. The highest BCUT2D eigenvalue weighted by molar-refractivity contribution is 5.80. The maximum absolute atomic E-state index is 12.5. The minimum atomic E-state index is -1.12. The number of rotatable bonds is 57. The molecular weight excluding hydrogens is 889 g/mol. The Morgan fingerprint density at radius 1 is 0.361 bits per heavy atom. The van der Waals surface area contributed by atoms with Gasteiger partial charge in [-0.3, -0.25) is 9.59 Å².